The number of carbonyl (C=O) groups excluding carboxylic acids is 2. The molecule has 0 aromatic heterocycles. The van der Waals surface area contributed by atoms with E-state index in [1.54, 1.807) is 0 Å². The molecule has 0 aliphatic rings. The van der Waals surface area contributed by atoms with Crippen molar-refractivity contribution in [1.29, 1.82) is 0 Å². The summed E-state index contributed by atoms with van der Waals surface area (Å²) in [6.07, 6.45) is 84.0. The summed E-state index contributed by atoms with van der Waals surface area (Å²) in [7, 11) is 0. The minimum absolute atomic E-state index is 0.0101. The zero-order valence-corrected chi connectivity index (χ0v) is 53.2. The number of esters is 1. The van der Waals surface area contributed by atoms with Crippen LogP contribution in [-0.4, -0.2) is 47.4 Å². The molecule has 0 aromatic rings. The Morgan fingerprint density at radius 1 is 0.346 bits per heavy atom. The molecule has 0 aliphatic carbocycles. The fourth-order valence-electron chi connectivity index (χ4n) is 11.6. The first-order valence-corrected chi connectivity index (χ1v) is 35.9. The number of hydrogen-bond acceptors (Lipinski definition) is 5. The summed E-state index contributed by atoms with van der Waals surface area (Å²) >= 11 is 0. The van der Waals surface area contributed by atoms with Crippen LogP contribution in [-0.2, 0) is 14.3 Å². The highest BCUT2D eigenvalue weighted by atomic mass is 16.5. The molecule has 6 heteroatoms. The third kappa shape index (κ3) is 63.8. The van der Waals surface area contributed by atoms with Crippen LogP contribution in [0.2, 0.25) is 0 Å². The molecule has 464 valence electrons. The van der Waals surface area contributed by atoms with E-state index in [-0.39, 0.29) is 18.5 Å². The molecular formula is C72H141NO5. The molecule has 2 unspecified atom stereocenters. The molecule has 2 atom stereocenters. The second-order valence-electron chi connectivity index (χ2n) is 24.9. The molecular weight excluding hydrogens is 959 g/mol. The normalized spacial score (nSPS) is 12.5. The summed E-state index contributed by atoms with van der Waals surface area (Å²) in [4.78, 5) is 24.7. The first-order valence-electron chi connectivity index (χ1n) is 35.9. The van der Waals surface area contributed by atoms with Crippen molar-refractivity contribution < 1.29 is 24.5 Å². The van der Waals surface area contributed by atoms with Gasteiger partial charge in [-0.2, -0.15) is 0 Å². The van der Waals surface area contributed by atoms with Crippen molar-refractivity contribution in [2.75, 3.05) is 13.2 Å². The lowest BCUT2D eigenvalue weighted by molar-refractivity contribution is -0.143. The Morgan fingerprint density at radius 3 is 0.910 bits per heavy atom. The number of amides is 1. The van der Waals surface area contributed by atoms with E-state index in [1.165, 1.54) is 334 Å². The maximum atomic E-state index is 12.6. The lowest BCUT2D eigenvalue weighted by Crippen LogP contribution is -2.45. The fraction of sp³-hybridized carbons (Fsp3) is 0.944. The van der Waals surface area contributed by atoms with Crippen LogP contribution in [0.1, 0.15) is 412 Å². The molecule has 0 bridgehead atoms. The van der Waals surface area contributed by atoms with Crippen LogP contribution >= 0.6 is 0 Å². The van der Waals surface area contributed by atoms with Gasteiger partial charge in [0.2, 0.25) is 5.91 Å². The minimum atomic E-state index is -0.666. The Hall–Kier alpha value is -1.40. The molecule has 0 spiro atoms. The molecule has 0 aliphatic heterocycles. The average Bonchev–Trinajstić information content (AvgIpc) is 3.44. The Kier molecular flexibility index (Phi) is 66.9. The van der Waals surface area contributed by atoms with Crippen molar-refractivity contribution >= 4 is 11.9 Å². The Morgan fingerprint density at radius 2 is 0.603 bits per heavy atom. The molecule has 1 amide bonds. The quantitative estimate of drug-likeness (QED) is 0.0320. The van der Waals surface area contributed by atoms with Gasteiger partial charge in [-0.1, -0.05) is 360 Å². The molecule has 6 nitrogen and oxygen atoms in total. The van der Waals surface area contributed by atoms with Crippen LogP contribution in [0.5, 0.6) is 0 Å². The van der Waals surface area contributed by atoms with E-state index in [1.807, 2.05) is 0 Å². The van der Waals surface area contributed by atoms with E-state index in [0.29, 0.717) is 25.9 Å². The Labute approximate surface area is 489 Å². The van der Waals surface area contributed by atoms with Crippen LogP contribution < -0.4 is 5.32 Å². The molecule has 0 fully saturated rings. The van der Waals surface area contributed by atoms with Gasteiger partial charge in [0, 0.05) is 12.8 Å². The van der Waals surface area contributed by atoms with Gasteiger partial charge in [0.15, 0.2) is 0 Å². The highest BCUT2D eigenvalue weighted by Crippen LogP contribution is 2.19. The lowest BCUT2D eigenvalue weighted by Gasteiger charge is -2.22. The van der Waals surface area contributed by atoms with Crippen molar-refractivity contribution in [3.63, 3.8) is 0 Å². The smallest absolute Gasteiger partial charge is 0.305 e. The third-order valence-corrected chi connectivity index (χ3v) is 17.1. The fourth-order valence-corrected chi connectivity index (χ4v) is 11.6. The maximum Gasteiger partial charge on any atom is 0.305 e. The largest absolute Gasteiger partial charge is 0.466 e. The Bertz CT molecular complexity index is 1180. The van der Waals surface area contributed by atoms with Gasteiger partial charge in [-0.3, -0.25) is 9.59 Å². The highest BCUT2D eigenvalue weighted by Gasteiger charge is 2.20. The van der Waals surface area contributed by atoms with Crippen molar-refractivity contribution in [2.45, 2.75) is 424 Å². The standard InChI is InChI=1S/C72H141NO5/c1-3-5-7-9-11-13-15-17-19-21-22-23-24-26-29-33-36-40-44-48-52-56-60-64-70(75)69(68-74)73-71(76)65-61-57-53-49-45-41-37-34-30-27-25-28-31-35-39-43-47-51-55-59-63-67-78-72(77)66-62-58-54-50-46-42-38-32-20-18-16-14-12-10-8-6-4-2/h18,20,69-70,74-75H,3-17,19,21-68H2,1-2H3,(H,73,76)/b20-18-. The summed E-state index contributed by atoms with van der Waals surface area (Å²) < 4.78 is 5.50. The zero-order chi connectivity index (χ0) is 56.4. The summed E-state index contributed by atoms with van der Waals surface area (Å²) in [5, 5.41) is 23.4. The van der Waals surface area contributed by atoms with Crippen LogP contribution in [0, 0.1) is 0 Å². The SMILES string of the molecule is CCCCCCCC/C=C\CCCCCCCCCC(=O)OCCCCCCCCCCCCCCCCCCCCCCCC(=O)NC(CO)C(O)CCCCCCCCCCCCCCCCCCCCCCCCC. The van der Waals surface area contributed by atoms with E-state index >= 15 is 0 Å². The summed E-state index contributed by atoms with van der Waals surface area (Å²) in [5.74, 6) is -0.0205. The van der Waals surface area contributed by atoms with Gasteiger partial charge >= 0.3 is 5.97 Å². The number of nitrogens with one attached hydrogen (secondary N) is 1. The summed E-state index contributed by atoms with van der Waals surface area (Å²) in [5.41, 5.74) is 0. The lowest BCUT2D eigenvalue weighted by atomic mass is 10.0. The molecule has 0 aromatic carbocycles. The molecule has 0 saturated carbocycles. The number of hydrogen-bond donors (Lipinski definition) is 3. The molecule has 78 heavy (non-hydrogen) atoms. The number of aliphatic hydroxyl groups excluding tert-OH is 2. The van der Waals surface area contributed by atoms with Crippen LogP contribution in [0.15, 0.2) is 12.2 Å². The van der Waals surface area contributed by atoms with Crippen molar-refractivity contribution in [1.82, 2.24) is 5.32 Å². The topological polar surface area (TPSA) is 95.9 Å². The predicted octanol–water partition coefficient (Wildman–Crippen LogP) is 23.1. The van der Waals surface area contributed by atoms with E-state index in [9.17, 15) is 19.8 Å². The van der Waals surface area contributed by atoms with Gasteiger partial charge in [-0.15, -0.1) is 0 Å². The monoisotopic (exact) mass is 1100 g/mol. The molecule has 3 N–H and O–H groups in total. The second kappa shape index (κ2) is 68.1. The van der Waals surface area contributed by atoms with Gasteiger partial charge in [-0.25, -0.2) is 0 Å². The number of allylic oxidation sites excluding steroid dienone is 2. The first kappa shape index (κ1) is 76.6. The predicted molar refractivity (Wildman–Crippen MR) is 343 cm³/mol. The molecule has 0 radical (unpaired) electrons. The zero-order valence-electron chi connectivity index (χ0n) is 53.2. The van der Waals surface area contributed by atoms with E-state index in [0.717, 1.165) is 44.9 Å². The first-order chi connectivity index (χ1) is 38.5. The van der Waals surface area contributed by atoms with Crippen LogP contribution in [0.25, 0.3) is 0 Å². The van der Waals surface area contributed by atoms with Gasteiger partial charge in [0.1, 0.15) is 0 Å². The van der Waals surface area contributed by atoms with E-state index in [2.05, 4.69) is 31.3 Å². The van der Waals surface area contributed by atoms with Gasteiger partial charge in [0.25, 0.3) is 0 Å². The molecule has 0 saturated heterocycles. The number of rotatable bonds is 68. The van der Waals surface area contributed by atoms with Crippen molar-refractivity contribution in [2.24, 2.45) is 0 Å². The second-order valence-corrected chi connectivity index (χ2v) is 24.9. The van der Waals surface area contributed by atoms with E-state index in [4.69, 9.17) is 4.74 Å². The summed E-state index contributed by atoms with van der Waals surface area (Å²) in [6, 6.07) is -0.543. The van der Waals surface area contributed by atoms with Gasteiger partial charge in [-0.05, 0) is 51.4 Å². The summed E-state index contributed by atoms with van der Waals surface area (Å²) in [6.45, 7) is 4.99. The number of aliphatic hydroxyl groups is 2. The van der Waals surface area contributed by atoms with Crippen molar-refractivity contribution in [3.8, 4) is 0 Å². The average molecular weight is 1100 g/mol. The third-order valence-electron chi connectivity index (χ3n) is 17.1. The van der Waals surface area contributed by atoms with Gasteiger partial charge < -0.3 is 20.3 Å². The highest BCUT2D eigenvalue weighted by molar-refractivity contribution is 5.76. The number of carbonyl (C=O) groups is 2. The molecule has 0 rings (SSSR count). The molecule has 0 heterocycles. The van der Waals surface area contributed by atoms with Crippen LogP contribution in [0.4, 0.5) is 0 Å². The number of unbranched alkanes of at least 4 members (excludes halogenated alkanes) is 55. The minimum Gasteiger partial charge on any atom is -0.466 e. The van der Waals surface area contributed by atoms with E-state index < -0.39 is 12.1 Å². The number of ether oxygens (including phenoxy) is 1. The van der Waals surface area contributed by atoms with Crippen molar-refractivity contribution in [3.05, 3.63) is 12.2 Å². The Balaban J connectivity index is 3.37. The van der Waals surface area contributed by atoms with Crippen LogP contribution in [0.3, 0.4) is 0 Å². The maximum absolute atomic E-state index is 12.6. The van der Waals surface area contributed by atoms with Gasteiger partial charge in [0.05, 0.1) is 25.4 Å².